The normalized spacial score (nSPS) is 16.3. The first-order valence-electron chi connectivity index (χ1n) is 4.84. The summed E-state index contributed by atoms with van der Waals surface area (Å²) in [4.78, 5) is 22.5. The molecule has 0 N–H and O–H groups in total. The second-order valence-corrected chi connectivity index (χ2v) is 4.44. The van der Waals surface area contributed by atoms with Crippen molar-refractivity contribution < 1.29 is 23.1 Å². The Morgan fingerprint density at radius 3 is 2.18 bits per heavy atom. The van der Waals surface area contributed by atoms with Crippen molar-refractivity contribution in [3.8, 4) is 5.75 Å². The standard InChI is InChI=1S/C10H8FNO4P/c11-7-1-3-8(4-2-7)16-17(15)12-9(13)5-6-10(12)14/h1-4H,5-6H2/q+1. The largest absolute Gasteiger partial charge is 0.707 e. The van der Waals surface area contributed by atoms with Crippen LogP contribution in [-0.2, 0) is 14.2 Å². The number of hydrogen-bond acceptors (Lipinski definition) is 4. The van der Waals surface area contributed by atoms with Crippen LogP contribution in [0.25, 0.3) is 0 Å². The molecule has 0 aromatic heterocycles. The van der Waals surface area contributed by atoms with Gasteiger partial charge in [0.15, 0.2) is 5.75 Å². The van der Waals surface area contributed by atoms with Gasteiger partial charge in [0.1, 0.15) is 5.82 Å². The molecule has 1 aromatic carbocycles. The molecular formula is C10H8FNO4P+. The SMILES string of the molecule is O=C1CCC(=O)N1[P+](=O)Oc1ccc(F)cc1. The van der Waals surface area contributed by atoms with Gasteiger partial charge in [0.2, 0.25) is 0 Å². The molecule has 17 heavy (non-hydrogen) atoms. The minimum absolute atomic E-state index is 0.0483. The summed E-state index contributed by atoms with van der Waals surface area (Å²) in [7, 11) is -2.58. The van der Waals surface area contributed by atoms with Crippen LogP contribution in [0.3, 0.4) is 0 Å². The number of halogens is 1. The highest BCUT2D eigenvalue weighted by atomic mass is 31.1. The van der Waals surface area contributed by atoms with Crippen LogP contribution in [0.5, 0.6) is 5.75 Å². The van der Waals surface area contributed by atoms with Crippen molar-refractivity contribution in [1.82, 2.24) is 4.67 Å². The van der Waals surface area contributed by atoms with Crippen LogP contribution in [0.15, 0.2) is 24.3 Å². The van der Waals surface area contributed by atoms with Crippen LogP contribution in [0, 0.1) is 5.82 Å². The van der Waals surface area contributed by atoms with Crippen LogP contribution < -0.4 is 4.52 Å². The zero-order chi connectivity index (χ0) is 12.4. The van der Waals surface area contributed by atoms with E-state index >= 15 is 0 Å². The highest BCUT2D eigenvalue weighted by molar-refractivity contribution is 7.38. The summed E-state index contributed by atoms with van der Waals surface area (Å²) in [6.45, 7) is 0. The smallest absolute Gasteiger partial charge is 0.270 e. The molecule has 1 saturated heterocycles. The van der Waals surface area contributed by atoms with Crippen LogP contribution in [-0.4, -0.2) is 16.5 Å². The average Bonchev–Trinajstić information content (AvgIpc) is 2.62. The molecule has 0 bridgehead atoms. The number of nitrogens with zero attached hydrogens (tertiary/aromatic N) is 1. The Kier molecular flexibility index (Phi) is 3.15. The molecule has 1 aromatic rings. The molecule has 1 aliphatic heterocycles. The summed E-state index contributed by atoms with van der Waals surface area (Å²) in [5, 5.41) is 0. The lowest BCUT2D eigenvalue weighted by Crippen LogP contribution is -2.22. The molecule has 0 radical (unpaired) electrons. The highest BCUT2D eigenvalue weighted by Crippen LogP contribution is 2.35. The number of hydrogen-bond donors (Lipinski definition) is 0. The van der Waals surface area contributed by atoms with E-state index < -0.39 is 25.8 Å². The second-order valence-electron chi connectivity index (χ2n) is 3.38. The van der Waals surface area contributed by atoms with Gasteiger partial charge in [0.25, 0.3) is 11.8 Å². The average molecular weight is 256 g/mol. The fourth-order valence-corrected chi connectivity index (χ4v) is 2.32. The Labute approximate surface area is 97.1 Å². The Balaban J connectivity index is 2.09. The molecule has 7 heteroatoms. The van der Waals surface area contributed by atoms with Gasteiger partial charge >= 0.3 is 8.18 Å². The lowest BCUT2D eigenvalue weighted by atomic mass is 10.3. The topological polar surface area (TPSA) is 63.7 Å². The molecular weight excluding hydrogens is 248 g/mol. The van der Waals surface area contributed by atoms with Crippen LogP contribution >= 0.6 is 8.18 Å². The first-order chi connectivity index (χ1) is 8.08. The summed E-state index contributed by atoms with van der Waals surface area (Å²) in [6, 6.07) is 4.81. The number of benzene rings is 1. The van der Waals surface area contributed by atoms with Gasteiger partial charge in [-0.15, -0.1) is 0 Å². The Hall–Kier alpha value is -1.81. The molecule has 5 nitrogen and oxygen atoms in total. The molecule has 2 rings (SSSR count). The lowest BCUT2D eigenvalue weighted by Gasteiger charge is -1.98. The van der Waals surface area contributed by atoms with E-state index in [9.17, 15) is 18.5 Å². The van der Waals surface area contributed by atoms with Gasteiger partial charge in [0.05, 0.1) is 0 Å². The maximum absolute atomic E-state index is 12.6. The molecule has 2 amide bonds. The molecule has 1 heterocycles. The monoisotopic (exact) mass is 256 g/mol. The molecule has 88 valence electrons. The predicted molar refractivity (Wildman–Crippen MR) is 55.7 cm³/mol. The van der Waals surface area contributed by atoms with E-state index in [1.165, 1.54) is 12.1 Å². The first kappa shape index (κ1) is 11.7. The minimum Gasteiger partial charge on any atom is -0.270 e. The summed E-state index contributed by atoms with van der Waals surface area (Å²) in [5.74, 6) is -1.35. The van der Waals surface area contributed by atoms with Crippen LogP contribution in [0.4, 0.5) is 4.39 Å². The third-order valence-corrected chi connectivity index (χ3v) is 3.33. The summed E-state index contributed by atoms with van der Waals surface area (Å²) < 4.78 is 29.8. The Morgan fingerprint density at radius 2 is 1.65 bits per heavy atom. The highest BCUT2D eigenvalue weighted by Gasteiger charge is 2.46. The molecule has 1 atom stereocenters. The summed E-state index contributed by atoms with van der Waals surface area (Å²) in [6.07, 6.45) is 0.0966. The van der Waals surface area contributed by atoms with Crippen molar-refractivity contribution in [3.63, 3.8) is 0 Å². The van der Waals surface area contributed by atoms with Gasteiger partial charge in [-0.2, -0.15) is 0 Å². The maximum Gasteiger partial charge on any atom is 0.707 e. The van der Waals surface area contributed by atoms with Gasteiger partial charge in [0, 0.05) is 17.4 Å². The molecule has 1 unspecified atom stereocenters. The number of rotatable bonds is 3. The van der Waals surface area contributed by atoms with Gasteiger partial charge in [-0.3, -0.25) is 9.59 Å². The fourth-order valence-electron chi connectivity index (χ4n) is 1.37. The van der Waals surface area contributed by atoms with E-state index in [0.29, 0.717) is 4.67 Å². The number of carbonyl (C=O) groups is 2. The van der Waals surface area contributed by atoms with Gasteiger partial charge in [-0.05, 0) is 28.9 Å². The number of carbonyl (C=O) groups excluding carboxylic acids is 2. The molecule has 0 spiro atoms. The van der Waals surface area contributed by atoms with Crippen LogP contribution in [0.1, 0.15) is 12.8 Å². The molecule has 0 aliphatic carbocycles. The van der Waals surface area contributed by atoms with E-state index in [-0.39, 0.29) is 18.6 Å². The van der Waals surface area contributed by atoms with Gasteiger partial charge in [-0.25, -0.2) is 8.91 Å². The van der Waals surface area contributed by atoms with Crippen molar-refractivity contribution in [2.24, 2.45) is 0 Å². The Bertz CT molecular complexity index is 472. The van der Waals surface area contributed by atoms with E-state index in [2.05, 4.69) is 0 Å². The zero-order valence-corrected chi connectivity index (χ0v) is 9.52. The van der Waals surface area contributed by atoms with Gasteiger partial charge in [-0.1, -0.05) is 0 Å². The summed E-state index contributed by atoms with van der Waals surface area (Å²) >= 11 is 0. The van der Waals surface area contributed by atoms with E-state index in [4.69, 9.17) is 4.52 Å². The maximum atomic E-state index is 12.6. The summed E-state index contributed by atoms with van der Waals surface area (Å²) in [5.41, 5.74) is 0. The quantitative estimate of drug-likeness (QED) is 0.613. The van der Waals surface area contributed by atoms with Crippen LogP contribution in [0.2, 0.25) is 0 Å². The molecule has 1 fully saturated rings. The van der Waals surface area contributed by atoms with Gasteiger partial charge < -0.3 is 0 Å². The Morgan fingerprint density at radius 1 is 1.12 bits per heavy atom. The fraction of sp³-hybridized carbons (Fsp3) is 0.200. The second kappa shape index (κ2) is 4.59. The molecule has 1 aliphatic rings. The van der Waals surface area contributed by atoms with E-state index in [0.717, 1.165) is 12.1 Å². The third-order valence-electron chi connectivity index (χ3n) is 2.19. The van der Waals surface area contributed by atoms with Crippen molar-refractivity contribution >= 4 is 20.0 Å². The van der Waals surface area contributed by atoms with Crippen molar-refractivity contribution in [2.45, 2.75) is 12.8 Å². The number of amides is 2. The van der Waals surface area contributed by atoms with Crippen molar-refractivity contribution in [1.29, 1.82) is 0 Å². The van der Waals surface area contributed by atoms with Crippen molar-refractivity contribution in [2.75, 3.05) is 0 Å². The zero-order valence-electron chi connectivity index (χ0n) is 8.63. The minimum atomic E-state index is -2.58. The third kappa shape index (κ3) is 2.47. The molecule has 0 saturated carbocycles. The predicted octanol–water partition coefficient (Wildman–Crippen LogP) is 2.01. The number of imide groups is 1. The lowest BCUT2D eigenvalue weighted by molar-refractivity contribution is -0.132. The first-order valence-corrected chi connectivity index (χ1v) is 5.97. The van der Waals surface area contributed by atoms with E-state index in [1.807, 2.05) is 0 Å². The van der Waals surface area contributed by atoms with E-state index in [1.54, 1.807) is 0 Å². The van der Waals surface area contributed by atoms with Crippen molar-refractivity contribution in [3.05, 3.63) is 30.1 Å².